The van der Waals surface area contributed by atoms with E-state index in [1.54, 1.807) is 0 Å². The lowest BCUT2D eigenvalue weighted by atomic mass is 10.1. The van der Waals surface area contributed by atoms with Crippen LogP contribution >= 0.6 is 7.82 Å². The normalized spacial score (nSPS) is 14.2. The largest absolute Gasteiger partial charge is 0.472 e. The quantitative estimate of drug-likeness (QED) is 0.0268. The maximum Gasteiger partial charge on any atom is 0.472 e. The highest BCUT2D eigenvalue weighted by atomic mass is 31.2. The molecule has 0 heterocycles. The molecule has 0 saturated heterocycles. The third-order valence-electron chi connectivity index (χ3n) is 10.2. The lowest BCUT2D eigenvalue weighted by Gasteiger charge is -2.20. The van der Waals surface area contributed by atoms with E-state index in [1.165, 1.54) is 70.6 Å². The molecule has 0 spiro atoms. The van der Waals surface area contributed by atoms with Crippen molar-refractivity contribution in [2.24, 2.45) is 5.73 Å². The van der Waals surface area contributed by atoms with Gasteiger partial charge in [0.2, 0.25) is 0 Å². The van der Waals surface area contributed by atoms with Gasteiger partial charge in [-0.15, -0.1) is 0 Å². The summed E-state index contributed by atoms with van der Waals surface area (Å²) >= 11 is 0. The van der Waals surface area contributed by atoms with Gasteiger partial charge >= 0.3 is 13.8 Å². The minimum absolute atomic E-state index is 0.0911. The minimum Gasteiger partial charge on any atom is -0.457 e. The Morgan fingerprint density at radius 2 is 0.828 bits per heavy atom. The topological polar surface area (TPSA) is 117 Å². The zero-order valence-electron chi connectivity index (χ0n) is 40.7. The fourth-order valence-electron chi connectivity index (χ4n) is 6.54. The van der Waals surface area contributed by atoms with Crippen LogP contribution in [0.2, 0.25) is 0 Å². The fourth-order valence-corrected chi connectivity index (χ4v) is 7.31. The third-order valence-corrected chi connectivity index (χ3v) is 11.2. The van der Waals surface area contributed by atoms with E-state index in [4.69, 9.17) is 24.3 Å². The number of allylic oxidation sites excluding steroid dienone is 18. The summed E-state index contributed by atoms with van der Waals surface area (Å²) in [7, 11) is -4.30. The summed E-state index contributed by atoms with van der Waals surface area (Å²) in [6.45, 7) is 4.65. The maximum atomic E-state index is 12.7. The molecular weight excluding hydrogens is 818 g/mol. The molecule has 0 aliphatic heterocycles. The van der Waals surface area contributed by atoms with E-state index in [1.807, 2.05) is 0 Å². The molecule has 0 aliphatic carbocycles. The first-order valence-corrected chi connectivity index (χ1v) is 26.9. The van der Waals surface area contributed by atoms with Gasteiger partial charge < -0.3 is 20.1 Å². The molecule has 0 aromatic carbocycles. The van der Waals surface area contributed by atoms with Crippen molar-refractivity contribution in [1.29, 1.82) is 0 Å². The number of unbranched alkanes of at least 4 members (excludes halogenated alkanes) is 16. The van der Waals surface area contributed by atoms with Crippen LogP contribution in [-0.2, 0) is 27.9 Å². The molecule has 0 amide bonds. The third kappa shape index (κ3) is 50.2. The van der Waals surface area contributed by atoms with Gasteiger partial charge in [-0.25, -0.2) is 4.57 Å². The molecule has 3 N–H and O–H groups in total. The Bertz CT molecular complexity index is 1350. The smallest absolute Gasteiger partial charge is 0.457 e. The SMILES string of the molecule is CC/C=C\C/C=C\C/C=C\C/C=C\C/C=C\CCCCCCCCCC(=O)OC(COCCCCCCCCCCC/C=C\C/C=C\C/C=C\C/C=C\CC)COP(=O)(O)OCCN. The number of hydrogen-bond acceptors (Lipinski definition) is 7. The Hall–Kier alpha value is -2.84. The van der Waals surface area contributed by atoms with Gasteiger partial charge in [0.25, 0.3) is 0 Å². The number of nitrogens with two attached hydrogens (primary N) is 1. The molecule has 0 fully saturated rings. The van der Waals surface area contributed by atoms with E-state index in [9.17, 15) is 14.3 Å². The van der Waals surface area contributed by atoms with Crippen molar-refractivity contribution in [3.63, 3.8) is 0 Å². The van der Waals surface area contributed by atoms with Crippen molar-refractivity contribution < 1.29 is 32.8 Å². The highest BCUT2D eigenvalue weighted by Gasteiger charge is 2.25. The summed E-state index contributed by atoms with van der Waals surface area (Å²) in [5.74, 6) is -0.348. The first kappa shape index (κ1) is 61.2. The summed E-state index contributed by atoms with van der Waals surface area (Å²) < 4.78 is 33.6. The predicted molar refractivity (Wildman–Crippen MR) is 274 cm³/mol. The van der Waals surface area contributed by atoms with Crippen LogP contribution in [-0.4, -0.2) is 49.9 Å². The van der Waals surface area contributed by atoms with Gasteiger partial charge in [0, 0.05) is 19.6 Å². The van der Waals surface area contributed by atoms with Crippen molar-refractivity contribution in [2.75, 3.05) is 33.0 Å². The summed E-state index contributed by atoms with van der Waals surface area (Å²) in [6, 6.07) is 0. The molecule has 64 heavy (non-hydrogen) atoms. The lowest BCUT2D eigenvalue weighted by Crippen LogP contribution is -2.28. The van der Waals surface area contributed by atoms with Gasteiger partial charge in [-0.2, -0.15) is 0 Å². The van der Waals surface area contributed by atoms with E-state index in [-0.39, 0.29) is 32.3 Å². The second kappa shape index (κ2) is 51.1. The van der Waals surface area contributed by atoms with Crippen LogP contribution in [0.5, 0.6) is 0 Å². The van der Waals surface area contributed by atoms with Gasteiger partial charge in [0.15, 0.2) is 0 Å². The van der Waals surface area contributed by atoms with Crippen LogP contribution in [0.1, 0.15) is 194 Å². The molecule has 8 nitrogen and oxygen atoms in total. The molecule has 2 atom stereocenters. The van der Waals surface area contributed by atoms with Gasteiger partial charge in [-0.1, -0.05) is 200 Å². The van der Waals surface area contributed by atoms with Gasteiger partial charge in [-0.3, -0.25) is 13.8 Å². The molecule has 9 heteroatoms. The molecular formula is C55H94NO7P. The van der Waals surface area contributed by atoms with Crippen molar-refractivity contribution in [1.82, 2.24) is 0 Å². The number of carbonyl (C=O) groups excluding carboxylic acids is 1. The van der Waals surface area contributed by atoms with Gasteiger partial charge in [0.05, 0.1) is 19.8 Å². The van der Waals surface area contributed by atoms with Crippen molar-refractivity contribution >= 4 is 13.8 Å². The molecule has 0 aliphatic rings. The minimum atomic E-state index is -4.30. The van der Waals surface area contributed by atoms with Crippen LogP contribution in [0.3, 0.4) is 0 Å². The molecule has 0 bridgehead atoms. The predicted octanol–water partition coefficient (Wildman–Crippen LogP) is 16.0. The first-order chi connectivity index (χ1) is 31.4. The first-order valence-electron chi connectivity index (χ1n) is 25.4. The number of phosphoric ester groups is 1. The monoisotopic (exact) mass is 912 g/mol. The molecule has 0 aromatic heterocycles. The standard InChI is InChI=1S/C55H94NO7P/c1-3-5-7-9-11-13-15-17-19-21-23-25-27-28-30-32-34-36-38-40-42-44-46-48-55(57)63-54(53-62-64(58,59)61-51-49-56)52-60-50-47-45-43-41-39-37-35-33-31-29-26-24-22-20-18-16-14-12-10-8-6-4-2/h5-8,11-14,17-20,23-26,28,30,54H,3-4,9-10,15-16,21-22,27,29,31-53,56H2,1-2H3,(H,58,59)/b7-5-,8-6-,13-11-,14-12-,19-17-,20-18-,25-23-,26-24-,30-28-. The fraction of sp³-hybridized carbons (Fsp3) is 0.655. The molecule has 0 saturated carbocycles. The maximum absolute atomic E-state index is 12.7. The molecule has 2 unspecified atom stereocenters. The summed E-state index contributed by atoms with van der Waals surface area (Å²) in [4.78, 5) is 22.6. The van der Waals surface area contributed by atoms with Gasteiger partial charge in [0.1, 0.15) is 6.10 Å². The molecule has 0 rings (SSSR count). The Labute approximate surface area is 393 Å². The zero-order chi connectivity index (χ0) is 46.5. The van der Waals surface area contributed by atoms with Crippen LogP contribution in [0.15, 0.2) is 109 Å². The number of carbonyl (C=O) groups is 1. The lowest BCUT2D eigenvalue weighted by molar-refractivity contribution is -0.154. The number of ether oxygens (including phenoxy) is 2. The van der Waals surface area contributed by atoms with E-state index in [0.717, 1.165) is 103 Å². The van der Waals surface area contributed by atoms with Gasteiger partial charge in [-0.05, 0) is 96.3 Å². The second-order valence-electron chi connectivity index (χ2n) is 16.3. The van der Waals surface area contributed by atoms with Crippen molar-refractivity contribution in [3.8, 4) is 0 Å². The summed E-state index contributed by atoms with van der Waals surface area (Å²) in [6.07, 6.45) is 69.7. The Kier molecular flexibility index (Phi) is 48.9. The number of hydrogen-bond donors (Lipinski definition) is 2. The van der Waals surface area contributed by atoms with Crippen molar-refractivity contribution in [3.05, 3.63) is 109 Å². The number of esters is 1. The van der Waals surface area contributed by atoms with Crippen LogP contribution in [0.4, 0.5) is 0 Å². The van der Waals surface area contributed by atoms with Crippen molar-refractivity contribution in [2.45, 2.75) is 200 Å². The van der Waals surface area contributed by atoms with Crippen LogP contribution < -0.4 is 5.73 Å². The molecule has 366 valence electrons. The second-order valence-corrected chi connectivity index (χ2v) is 17.7. The summed E-state index contributed by atoms with van der Waals surface area (Å²) in [5.41, 5.74) is 5.39. The molecule has 0 radical (unpaired) electrons. The number of rotatable bonds is 47. The van der Waals surface area contributed by atoms with E-state index >= 15 is 0 Å². The Balaban J connectivity index is 4.02. The van der Waals surface area contributed by atoms with E-state index in [2.05, 4.69) is 123 Å². The van der Waals surface area contributed by atoms with Crippen LogP contribution in [0.25, 0.3) is 0 Å². The van der Waals surface area contributed by atoms with Crippen LogP contribution in [0, 0.1) is 0 Å². The summed E-state index contributed by atoms with van der Waals surface area (Å²) in [5, 5.41) is 0. The Morgan fingerprint density at radius 3 is 1.23 bits per heavy atom. The zero-order valence-corrected chi connectivity index (χ0v) is 41.6. The van der Waals surface area contributed by atoms with E-state index < -0.39 is 13.9 Å². The highest BCUT2D eigenvalue weighted by Crippen LogP contribution is 2.43. The Morgan fingerprint density at radius 1 is 0.469 bits per heavy atom. The average molecular weight is 912 g/mol. The van der Waals surface area contributed by atoms with E-state index in [0.29, 0.717) is 13.0 Å². The highest BCUT2D eigenvalue weighted by molar-refractivity contribution is 7.47. The average Bonchev–Trinajstić information content (AvgIpc) is 3.29. The molecule has 0 aromatic rings. The number of phosphoric acid groups is 1.